The molecule has 0 amide bonds. The van der Waals surface area contributed by atoms with Gasteiger partial charge in [0.15, 0.2) is 0 Å². The molecule has 8 rings (SSSR count). The summed E-state index contributed by atoms with van der Waals surface area (Å²) < 4.78 is 84.5. The summed E-state index contributed by atoms with van der Waals surface area (Å²) in [6, 6.07) is 32.6. The fourth-order valence-electron chi connectivity index (χ4n) is 6.15. The Labute approximate surface area is 317 Å². The first-order valence-electron chi connectivity index (χ1n) is 21.0. The Morgan fingerprint density at radius 2 is 1.71 bits per heavy atom. The molecule has 1 saturated carbocycles. The van der Waals surface area contributed by atoms with Crippen molar-refractivity contribution in [2.45, 2.75) is 66.0 Å². The fourth-order valence-corrected chi connectivity index (χ4v) is 6.15. The van der Waals surface area contributed by atoms with Crippen LogP contribution >= 0.6 is 0 Å². The van der Waals surface area contributed by atoms with Crippen molar-refractivity contribution in [2.75, 3.05) is 0 Å². The number of fused-ring (bicyclic) bond motifs is 3. The quantitative estimate of drug-likeness (QED) is 0.166. The maximum absolute atomic E-state index is 9.12. The third-order valence-electron chi connectivity index (χ3n) is 9.02. The van der Waals surface area contributed by atoms with Gasteiger partial charge in [-0.1, -0.05) is 74.1 Å². The SMILES string of the molecule is [2H]C([2H])([2H])c1c[c-]c(-c2ccccn2)cc1.[2H]C([2H])([2H])c1ccc2c(n1)oc1c(-c3cc(-c4ccc(C5([2H])CCC(C)(C)CC5)cc4)c(C([2H])([2H])[2H])cn3)[c-]ccc12.[Ir]. The maximum Gasteiger partial charge on any atom is 0.216 e. The van der Waals surface area contributed by atoms with Gasteiger partial charge in [0, 0.05) is 57.3 Å². The number of furan rings is 1. The number of aromatic nitrogens is 3. The molecule has 0 N–H and O–H groups in total. The molecular formula is C44H41IrN3O-2. The van der Waals surface area contributed by atoms with Crippen molar-refractivity contribution in [1.82, 2.24) is 15.0 Å². The minimum absolute atomic E-state index is 0. The molecule has 4 heterocycles. The van der Waals surface area contributed by atoms with Crippen LogP contribution < -0.4 is 0 Å². The summed E-state index contributed by atoms with van der Waals surface area (Å²) in [5.74, 6) is -0.649. The van der Waals surface area contributed by atoms with Gasteiger partial charge in [-0.25, -0.2) is 4.98 Å². The van der Waals surface area contributed by atoms with Gasteiger partial charge in [-0.3, -0.25) is 0 Å². The largest absolute Gasteiger partial charge is 0.486 e. The van der Waals surface area contributed by atoms with E-state index in [0.717, 1.165) is 47.9 Å². The molecule has 7 aromatic rings. The van der Waals surface area contributed by atoms with Crippen molar-refractivity contribution in [3.05, 3.63) is 138 Å². The van der Waals surface area contributed by atoms with E-state index < -0.39 is 26.4 Å². The van der Waals surface area contributed by atoms with Crippen LogP contribution in [0.3, 0.4) is 0 Å². The third-order valence-corrected chi connectivity index (χ3v) is 9.02. The number of pyridine rings is 3. The fraction of sp³-hybridized carbons (Fsp3) is 0.250. The van der Waals surface area contributed by atoms with Crippen LogP contribution in [0, 0.1) is 38.1 Å². The van der Waals surface area contributed by atoms with Crippen molar-refractivity contribution in [3.63, 3.8) is 0 Å². The number of hydrogen-bond acceptors (Lipinski definition) is 4. The standard InChI is InChI=1S/C32H31N2O.C12H10N.Ir/c1-20-19-33-29(27-7-5-6-25-26-13-8-21(2)34-31(26)35-30(25)27)18-28(20)24-11-9-22(10-12-24)23-14-16-32(3,4)17-15-23;1-10-5-7-11(8-6-10)12-4-2-3-9-13-12;/h5-6,8-13,18-19,23H,14-17H2,1-4H3;2-7,9H,1H3;/q2*-1;/i1D3,2D3,23D;1D3;. The first-order valence-corrected chi connectivity index (χ1v) is 16.0. The minimum Gasteiger partial charge on any atom is -0.486 e. The number of rotatable bonds is 4. The molecule has 49 heavy (non-hydrogen) atoms. The van der Waals surface area contributed by atoms with E-state index in [1.807, 2.05) is 48.5 Å². The van der Waals surface area contributed by atoms with Crippen LogP contribution in [0.4, 0.5) is 0 Å². The molecule has 0 saturated heterocycles. The minimum atomic E-state index is -2.39. The molecule has 0 unspecified atom stereocenters. The monoisotopic (exact) mass is 830 g/mol. The van der Waals surface area contributed by atoms with Crippen molar-refractivity contribution in [2.24, 2.45) is 5.41 Å². The first kappa shape index (κ1) is 23.8. The molecule has 1 aliphatic carbocycles. The van der Waals surface area contributed by atoms with Gasteiger partial charge < -0.3 is 14.4 Å². The summed E-state index contributed by atoms with van der Waals surface area (Å²) in [7, 11) is 0. The summed E-state index contributed by atoms with van der Waals surface area (Å²) in [5.41, 5.74) is 6.00. The van der Waals surface area contributed by atoms with Gasteiger partial charge in [-0.05, 0) is 103 Å². The van der Waals surface area contributed by atoms with E-state index in [0.29, 0.717) is 38.9 Å². The molecule has 0 spiro atoms. The van der Waals surface area contributed by atoms with Crippen molar-refractivity contribution >= 4 is 22.1 Å². The Balaban J connectivity index is 0.000000289. The number of hydrogen-bond donors (Lipinski definition) is 0. The third kappa shape index (κ3) is 7.59. The van der Waals surface area contributed by atoms with E-state index in [4.69, 9.17) is 18.1 Å². The summed E-state index contributed by atoms with van der Waals surface area (Å²) in [5, 5.41) is 1.39. The molecule has 1 radical (unpaired) electrons. The Morgan fingerprint density at radius 3 is 2.43 bits per heavy atom. The van der Waals surface area contributed by atoms with E-state index in [9.17, 15) is 0 Å². The van der Waals surface area contributed by atoms with Gasteiger partial charge in [0.1, 0.15) is 0 Å². The molecule has 249 valence electrons. The van der Waals surface area contributed by atoms with Crippen LogP contribution in [0.1, 0.15) is 81.5 Å². The maximum atomic E-state index is 9.12. The summed E-state index contributed by atoms with van der Waals surface area (Å²) in [4.78, 5) is 12.9. The average molecular weight is 830 g/mol. The number of nitrogens with zero attached hydrogens (tertiary/aromatic N) is 3. The van der Waals surface area contributed by atoms with Gasteiger partial charge >= 0.3 is 0 Å². The van der Waals surface area contributed by atoms with E-state index in [-0.39, 0.29) is 42.5 Å². The van der Waals surface area contributed by atoms with Crippen LogP contribution in [0.25, 0.3) is 55.7 Å². The second kappa shape index (κ2) is 14.6. The number of aryl methyl sites for hydroxylation is 3. The molecule has 4 aromatic heterocycles. The molecule has 4 nitrogen and oxygen atoms in total. The zero-order valence-electron chi connectivity index (χ0n) is 37.2. The van der Waals surface area contributed by atoms with E-state index in [1.165, 1.54) is 18.3 Å². The van der Waals surface area contributed by atoms with E-state index in [1.54, 1.807) is 36.5 Å². The van der Waals surface area contributed by atoms with Gasteiger partial charge in [-0.2, -0.15) is 0 Å². The van der Waals surface area contributed by atoms with Crippen molar-refractivity contribution in [3.8, 4) is 33.6 Å². The van der Waals surface area contributed by atoms with E-state index in [2.05, 4.69) is 40.9 Å². The molecular weight excluding hydrogens is 779 g/mol. The molecule has 0 aliphatic heterocycles. The average Bonchev–Trinajstić information content (AvgIpc) is 3.57. The van der Waals surface area contributed by atoms with Crippen LogP contribution in [-0.4, -0.2) is 15.0 Å². The molecule has 0 atom stereocenters. The first-order chi connectivity index (χ1) is 27.2. The summed E-state index contributed by atoms with van der Waals surface area (Å²) in [6.07, 6.45) is 6.64. The van der Waals surface area contributed by atoms with E-state index >= 15 is 0 Å². The van der Waals surface area contributed by atoms with Gasteiger partial charge in [0.05, 0.1) is 5.58 Å². The Hall–Kier alpha value is -4.44. The molecule has 0 bridgehead atoms. The van der Waals surface area contributed by atoms with Crippen molar-refractivity contribution < 1.29 is 38.2 Å². The zero-order chi connectivity index (χ0) is 41.7. The molecule has 1 aliphatic rings. The second-order valence-electron chi connectivity index (χ2n) is 12.9. The molecule has 5 heteroatoms. The number of benzene rings is 3. The Kier molecular flexibility index (Phi) is 7.09. The predicted octanol–water partition coefficient (Wildman–Crippen LogP) is 11.7. The Morgan fingerprint density at radius 1 is 0.857 bits per heavy atom. The van der Waals surface area contributed by atoms with Crippen LogP contribution in [0.5, 0.6) is 0 Å². The second-order valence-corrected chi connectivity index (χ2v) is 12.9. The van der Waals surface area contributed by atoms with Crippen molar-refractivity contribution in [1.29, 1.82) is 0 Å². The van der Waals surface area contributed by atoms with Gasteiger partial charge in [0.25, 0.3) is 0 Å². The zero-order valence-corrected chi connectivity index (χ0v) is 29.6. The van der Waals surface area contributed by atoms with Crippen LogP contribution in [0.2, 0.25) is 0 Å². The smallest absolute Gasteiger partial charge is 0.216 e. The summed E-state index contributed by atoms with van der Waals surface area (Å²) >= 11 is 0. The normalized spacial score (nSPS) is 18.7. The van der Waals surface area contributed by atoms with Gasteiger partial charge in [-0.15, -0.1) is 53.6 Å². The van der Waals surface area contributed by atoms with Gasteiger partial charge in [0.2, 0.25) is 5.71 Å². The van der Waals surface area contributed by atoms with Crippen LogP contribution in [0.15, 0.2) is 108 Å². The topological polar surface area (TPSA) is 51.8 Å². The molecule has 3 aromatic carbocycles. The van der Waals surface area contributed by atoms with Crippen LogP contribution in [-0.2, 0) is 20.1 Å². The predicted molar refractivity (Wildman–Crippen MR) is 197 cm³/mol. The molecule has 1 fully saturated rings. The Bertz CT molecular complexity index is 2560. The summed E-state index contributed by atoms with van der Waals surface area (Å²) in [6.45, 7) is -2.33.